The largest absolute Gasteiger partial charge is 0.398 e. The highest BCUT2D eigenvalue weighted by Gasteiger charge is 2.17. The fourth-order valence-corrected chi connectivity index (χ4v) is 2.19. The average Bonchev–Trinajstić information content (AvgIpc) is 2.44. The summed E-state index contributed by atoms with van der Waals surface area (Å²) in [5.41, 5.74) is 7.94. The molecule has 4 nitrogen and oxygen atoms in total. The van der Waals surface area contributed by atoms with E-state index < -0.39 is 0 Å². The van der Waals surface area contributed by atoms with Gasteiger partial charge in [-0.1, -0.05) is 37.8 Å². The molecule has 0 spiro atoms. The summed E-state index contributed by atoms with van der Waals surface area (Å²) in [7, 11) is 0. The van der Waals surface area contributed by atoms with Gasteiger partial charge < -0.3 is 15.7 Å². The molecule has 1 aromatic rings. The number of anilines is 1. The van der Waals surface area contributed by atoms with Crippen molar-refractivity contribution in [2.75, 3.05) is 25.4 Å². The number of aliphatic hydroxyl groups excluding tert-OH is 1. The highest BCUT2D eigenvalue weighted by Crippen LogP contribution is 2.16. The average molecular weight is 278 g/mol. The number of hydrogen-bond donors (Lipinski definition) is 2. The van der Waals surface area contributed by atoms with Gasteiger partial charge in [-0.05, 0) is 25.5 Å². The zero-order valence-electron chi connectivity index (χ0n) is 12.6. The molecule has 0 heterocycles. The van der Waals surface area contributed by atoms with Crippen molar-refractivity contribution in [2.45, 2.75) is 39.5 Å². The second kappa shape index (κ2) is 8.59. The minimum atomic E-state index is -0.0863. The van der Waals surface area contributed by atoms with Gasteiger partial charge in [0.05, 0.1) is 12.2 Å². The van der Waals surface area contributed by atoms with E-state index in [9.17, 15) is 4.79 Å². The first kappa shape index (κ1) is 16.5. The molecular formula is C16H26N2O2. The number of nitrogens with two attached hydrogens (primary N) is 1. The maximum atomic E-state index is 12.5. The predicted octanol–water partition coefficient (Wildman–Crippen LogP) is 2.59. The van der Waals surface area contributed by atoms with Gasteiger partial charge in [0, 0.05) is 18.8 Å². The van der Waals surface area contributed by atoms with Gasteiger partial charge in [0.15, 0.2) is 0 Å². The van der Waals surface area contributed by atoms with Crippen molar-refractivity contribution in [1.82, 2.24) is 4.90 Å². The Labute approximate surface area is 121 Å². The molecular weight excluding hydrogens is 252 g/mol. The third kappa shape index (κ3) is 4.85. The molecule has 0 aliphatic rings. The Bertz CT molecular complexity index is 432. The summed E-state index contributed by atoms with van der Waals surface area (Å²) in [6.45, 7) is 5.11. The normalized spacial score (nSPS) is 10.6. The minimum Gasteiger partial charge on any atom is -0.398 e. The van der Waals surface area contributed by atoms with Crippen molar-refractivity contribution in [3.8, 4) is 0 Å². The summed E-state index contributed by atoms with van der Waals surface area (Å²) < 4.78 is 0. The molecule has 0 bridgehead atoms. The number of benzene rings is 1. The molecule has 3 N–H and O–H groups in total. The second-order valence-corrected chi connectivity index (χ2v) is 5.17. The van der Waals surface area contributed by atoms with E-state index in [4.69, 9.17) is 10.8 Å². The number of amides is 1. The lowest BCUT2D eigenvalue weighted by Crippen LogP contribution is -2.35. The minimum absolute atomic E-state index is 0.0226. The molecule has 0 aromatic heterocycles. The van der Waals surface area contributed by atoms with Gasteiger partial charge >= 0.3 is 0 Å². The van der Waals surface area contributed by atoms with E-state index in [0.717, 1.165) is 18.4 Å². The molecule has 0 saturated carbocycles. The number of aryl methyl sites for hydroxylation is 1. The zero-order valence-corrected chi connectivity index (χ0v) is 12.6. The summed E-state index contributed by atoms with van der Waals surface area (Å²) in [6.07, 6.45) is 4.41. The first-order chi connectivity index (χ1) is 9.60. The zero-order chi connectivity index (χ0) is 15.0. The molecule has 0 radical (unpaired) electrons. The fraction of sp³-hybridized carbons (Fsp3) is 0.562. The molecule has 0 unspecified atom stereocenters. The molecule has 0 fully saturated rings. The first-order valence-electron chi connectivity index (χ1n) is 7.36. The lowest BCUT2D eigenvalue weighted by molar-refractivity contribution is 0.0719. The second-order valence-electron chi connectivity index (χ2n) is 5.17. The molecule has 1 amide bonds. The fourth-order valence-electron chi connectivity index (χ4n) is 2.19. The molecule has 4 heteroatoms. The van der Waals surface area contributed by atoms with Crippen molar-refractivity contribution in [2.24, 2.45) is 0 Å². The monoisotopic (exact) mass is 278 g/mol. The van der Waals surface area contributed by atoms with Crippen LogP contribution in [0.25, 0.3) is 0 Å². The number of rotatable bonds is 8. The van der Waals surface area contributed by atoms with E-state index in [1.165, 1.54) is 12.8 Å². The Balaban J connectivity index is 2.74. The van der Waals surface area contributed by atoms with Crippen molar-refractivity contribution >= 4 is 11.6 Å². The number of nitrogens with zero attached hydrogens (tertiary/aromatic N) is 1. The van der Waals surface area contributed by atoms with E-state index >= 15 is 0 Å². The Morgan fingerprint density at radius 1 is 1.25 bits per heavy atom. The molecule has 0 atom stereocenters. The van der Waals surface area contributed by atoms with Crippen molar-refractivity contribution < 1.29 is 9.90 Å². The van der Waals surface area contributed by atoms with Gasteiger partial charge in [0.1, 0.15) is 0 Å². The molecule has 1 rings (SSSR count). The molecule has 1 aromatic carbocycles. The predicted molar refractivity (Wildman–Crippen MR) is 82.7 cm³/mol. The number of aliphatic hydroxyl groups is 1. The Morgan fingerprint density at radius 3 is 2.65 bits per heavy atom. The summed E-state index contributed by atoms with van der Waals surface area (Å²) in [4.78, 5) is 14.2. The first-order valence-corrected chi connectivity index (χ1v) is 7.36. The van der Waals surface area contributed by atoms with Crippen LogP contribution in [0.3, 0.4) is 0 Å². The molecule has 0 aliphatic carbocycles. The van der Waals surface area contributed by atoms with Crippen LogP contribution >= 0.6 is 0 Å². The number of carbonyl (C=O) groups excluding carboxylic acids is 1. The summed E-state index contributed by atoms with van der Waals surface area (Å²) in [6, 6.07) is 5.47. The Hall–Kier alpha value is -1.55. The van der Waals surface area contributed by atoms with Crippen LogP contribution in [0, 0.1) is 6.92 Å². The number of carbonyl (C=O) groups is 1. The van der Waals surface area contributed by atoms with E-state index in [1.807, 2.05) is 19.1 Å². The van der Waals surface area contributed by atoms with E-state index in [2.05, 4.69) is 6.92 Å². The number of unbranched alkanes of at least 4 members (excludes halogenated alkanes) is 3. The Kier molecular flexibility index (Phi) is 7.09. The molecule has 0 aliphatic heterocycles. The summed E-state index contributed by atoms with van der Waals surface area (Å²) in [5.74, 6) is -0.0863. The van der Waals surface area contributed by atoms with Gasteiger partial charge in [-0.25, -0.2) is 0 Å². The smallest absolute Gasteiger partial charge is 0.256 e. The quantitative estimate of drug-likeness (QED) is 0.567. The number of nitrogen functional groups attached to an aromatic ring is 1. The van der Waals surface area contributed by atoms with Crippen molar-refractivity contribution in [3.63, 3.8) is 0 Å². The lowest BCUT2D eigenvalue weighted by Gasteiger charge is -2.22. The van der Waals surface area contributed by atoms with Crippen LogP contribution in [-0.2, 0) is 0 Å². The van der Waals surface area contributed by atoms with Crippen LogP contribution in [-0.4, -0.2) is 35.6 Å². The van der Waals surface area contributed by atoms with Crippen LogP contribution in [0.4, 0.5) is 5.69 Å². The van der Waals surface area contributed by atoms with Crippen molar-refractivity contribution in [1.29, 1.82) is 0 Å². The third-order valence-corrected chi connectivity index (χ3v) is 3.38. The van der Waals surface area contributed by atoms with Crippen LogP contribution in [0.15, 0.2) is 18.2 Å². The van der Waals surface area contributed by atoms with Crippen LogP contribution in [0.1, 0.15) is 48.5 Å². The highest BCUT2D eigenvalue weighted by molar-refractivity contribution is 5.99. The Morgan fingerprint density at radius 2 is 2.00 bits per heavy atom. The van der Waals surface area contributed by atoms with Gasteiger partial charge in [0.2, 0.25) is 0 Å². The van der Waals surface area contributed by atoms with Gasteiger partial charge in [-0.15, -0.1) is 0 Å². The van der Waals surface area contributed by atoms with Gasteiger partial charge in [-0.2, -0.15) is 0 Å². The molecule has 20 heavy (non-hydrogen) atoms. The van der Waals surface area contributed by atoms with Crippen LogP contribution in [0.5, 0.6) is 0 Å². The van der Waals surface area contributed by atoms with Crippen LogP contribution < -0.4 is 5.73 Å². The highest BCUT2D eigenvalue weighted by atomic mass is 16.3. The lowest BCUT2D eigenvalue weighted by atomic mass is 10.1. The molecule has 112 valence electrons. The van der Waals surface area contributed by atoms with Crippen LogP contribution in [0.2, 0.25) is 0 Å². The topological polar surface area (TPSA) is 66.6 Å². The maximum Gasteiger partial charge on any atom is 0.256 e. The standard InChI is InChI=1S/C16H26N2O2/c1-3-4-5-6-9-18(10-11-19)16(20)14-12-13(2)7-8-15(14)17/h7-8,12,19H,3-6,9-11,17H2,1-2H3. The van der Waals surface area contributed by atoms with Gasteiger partial charge in [-0.3, -0.25) is 4.79 Å². The van der Waals surface area contributed by atoms with E-state index in [0.29, 0.717) is 24.3 Å². The van der Waals surface area contributed by atoms with Crippen molar-refractivity contribution in [3.05, 3.63) is 29.3 Å². The molecule has 0 saturated heterocycles. The van der Waals surface area contributed by atoms with E-state index in [1.54, 1.807) is 11.0 Å². The maximum absolute atomic E-state index is 12.5. The SMILES string of the molecule is CCCCCCN(CCO)C(=O)c1cc(C)ccc1N. The van der Waals surface area contributed by atoms with E-state index in [-0.39, 0.29) is 12.5 Å². The third-order valence-electron chi connectivity index (χ3n) is 3.38. The number of hydrogen-bond acceptors (Lipinski definition) is 3. The summed E-state index contributed by atoms with van der Waals surface area (Å²) >= 11 is 0. The van der Waals surface area contributed by atoms with Gasteiger partial charge in [0.25, 0.3) is 5.91 Å². The summed E-state index contributed by atoms with van der Waals surface area (Å²) in [5, 5.41) is 9.13.